The molecule has 0 aromatic carbocycles. The van der Waals surface area contributed by atoms with Gasteiger partial charge in [-0.2, -0.15) is 0 Å². The Morgan fingerprint density at radius 3 is 2.87 bits per heavy atom. The lowest BCUT2D eigenvalue weighted by Gasteiger charge is -2.12. The van der Waals surface area contributed by atoms with Crippen LogP contribution in [0.5, 0.6) is 0 Å². The van der Waals surface area contributed by atoms with E-state index in [1.54, 1.807) is 0 Å². The first-order chi connectivity index (χ1) is 7.18. The summed E-state index contributed by atoms with van der Waals surface area (Å²) in [4.78, 5) is 0. The molecule has 2 unspecified atom stereocenters. The lowest BCUT2D eigenvalue weighted by atomic mass is 10.2. The van der Waals surface area contributed by atoms with Crippen LogP contribution in [0, 0.1) is 0 Å². The molecular formula is C10H19F2NO2. The smallest absolute Gasteiger partial charge is 0.261 e. The second kappa shape index (κ2) is 7.09. The van der Waals surface area contributed by atoms with Gasteiger partial charge in [-0.25, -0.2) is 8.78 Å². The van der Waals surface area contributed by atoms with Gasteiger partial charge in [0.05, 0.1) is 18.8 Å². The lowest BCUT2D eigenvalue weighted by Crippen LogP contribution is -2.29. The monoisotopic (exact) mass is 223 g/mol. The highest BCUT2D eigenvalue weighted by Crippen LogP contribution is 2.17. The summed E-state index contributed by atoms with van der Waals surface area (Å²) < 4.78 is 33.6. The maximum atomic E-state index is 11.7. The van der Waals surface area contributed by atoms with Crippen molar-refractivity contribution >= 4 is 0 Å². The predicted molar refractivity (Wildman–Crippen MR) is 53.3 cm³/mol. The van der Waals surface area contributed by atoms with Gasteiger partial charge in [0.25, 0.3) is 6.43 Å². The summed E-state index contributed by atoms with van der Waals surface area (Å²) in [5.74, 6) is 0. The van der Waals surface area contributed by atoms with E-state index in [4.69, 9.17) is 9.47 Å². The molecule has 0 bridgehead atoms. The van der Waals surface area contributed by atoms with E-state index in [-0.39, 0.29) is 6.10 Å². The van der Waals surface area contributed by atoms with Crippen molar-refractivity contribution in [1.82, 2.24) is 5.32 Å². The Bertz CT molecular complexity index is 170. The first-order valence-electron chi connectivity index (χ1n) is 5.40. The summed E-state index contributed by atoms with van der Waals surface area (Å²) in [5, 5.41) is 3.13. The standard InChI is InChI=1S/C10H19F2NO2/c1-8-2-3-9(15-8)6-13-4-5-14-7-10(11)12/h8-10,13H,2-7H2,1H3. The van der Waals surface area contributed by atoms with Gasteiger partial charge < -0.3 is 14.8 Å². The molecule has 1 rings (SSSR count). The number of hydrogen-bond donors (Lipinski definition) is 1. The van der Waals surface area contributed by atoms with Gasteiger partial charge in [-0.05, 0) is 19.8 Å². The van der Waals surface area contributed by atoms with Gasteiger partial charge >= 0.3 is 0 Å². The van der Waals surface area contributed by atoms with Crippen LogP contribution in [-0.2, 0) is 9.47 Å². The molecule has 0 spiro atoms. The Balaban J connectivity index is 1.85. The van der Waals surface area contributed by atoms with Crippen LogP contribution >= 0.6 is 0 Å². The summed E-state index contributed by atoms with van der Waals surface area (Å²) in [5.41, 5.74) is 0. The molecule has 1 saturated heterocycles. The van der Waals surface area contributed by atoms with E-state index in [2.05, 4.69) is 12.2 Å². The zero-order valence-corrected chi connectivity index (χ0v) is 9.05. The van der Waals surface area contributed by atoms with Crippen LogP contribution in [0.1, 0.15) is 19.8 Å². The third-order valence-electron chi connectivity index (χ3n) is 2.36. The minimum Gasteiger partial charge on any atom is -0.374 e. The maximum Gasteiger partial charge on any atom is 0.261 e. The Hall–Kier alpha value is -0.260. The van der Waals surface area contributed by atoms with Gasteiger partial charge in [-0.15, -0.1) is 0 Å². The van der Waals surface area contributed by atoms with E-state index in [1.807, 2.05) is 0 Å². The minimum absolute atomic E-state index is 0.273. The number of nitrogens with one attached hydrogen (secondary N) is 1. The van der Waals surface area contributed by atoms with Crippen molar-refractivity contribution in [2.75, 3.05) is 26.3 Å². The zero-order valence-electron chi connectivity index (χ0n) is 9.05. The summed E-state index contributed by atoms with van der Waals surface area (Å²) in [6.45, 7) is 3.29. The molecule has 1 heterocycles. The van der Waals surface area contributed by atoms with Crippen molar-refractivity contribution in [1.29, 1.82) is 0 Å². The summed E-state index contributed by atoms with van der Waals surface area (Å²) >= 11 is 0. The van der Waals surface area contributed by atoms with Crippen molar-refractivity contribution in [2.24, 2.45) is 0 Å². The topological polar surface area (TPSA) is 30.5 Å². The third kappa shape index (κ3) is 6.02. The molecule has 1 aliphatic rings. The van der Waals surface area contributed by atoms with Crippen molar-refractivity contribution in [3.05, 3.63) is 0 Å². The van der Waals surface area contributed by atoms with Crippen LogP contribution in [0.3, 0.4) is 0 Å². The molecule has 0 amide bonds. The van der Waals surface area contributed by atoms with E-state index in [0.717, 1.165) is 19.4 Å². The summed E-state index contributed by atoms with van der Waals surface area (Å²) in [6.07, 6.45) is 0.436. The Labute approximate surface area is 89.1 Å². The van der Waals surface area contributed by atoms with Crippen molar-refractivity contribution < 1.29 is 18.3 Å². The molecule has 0 saturated carbocycles. The molecular weight excluding hydrogens is 204 g/mol. The number of alkyl halides is 2. The molecule has 90 valence electrons. The van der Waals surface area contributed by atoms with Gasteiger partial charge in [0.15, 0.2) is 0 Å². The normalized spacial score (nSPS) is 26.4. The fraction of sp³-hybridized carbons (Fsp3) is 1.00. The largest absolute Gasteiger partial charge is 0.374 e. The lowest BCUT2D eigenvalue weighted by molar-refractivity contribution is 0.0166. The van der Waals surface area contributed by atoms with E-state index < -0.39 is 13.0 Å². The van der Waals surface area contributed by atoms with Crippen molar-refractivity contribution in [3.63, 3.8) is 0 Å². The van der Waals surface area contributed by atoms with Gasteiger partial charge in [-0.1, -0.05) is 0 Å². The average Bonchev–Trinajstić information content (AvgIpc) is 2.57. The van der Waals surface area contributed by atoms with Crippen LogP contribution in [0.15, 0.2) is 0 Å². The van der Waals surface area contributed by atoms with Crippen molar-refractivity contribution in [3.8, 4) is 0 Å². The van der Waals surface area contributed by atoms with Crippen LogP contribution in [0.4, 0.5) is 8.78 Å². The van der Waals surface area contributed by atoms with Crippen molar-refractivity contribution in [2.45, 2.75) is 38.4 Å². The second-order valence-corrected chi connectivity index (χ2v) is 3.82. The molecule has 0 aromatic heterocycles. The van der Waals surface area contributed by atoms with E-state index >= 15 is 0 Å². The predicted octanol–water partition coefficient (Wildman–Crippen LogP) is 1.43. The third-order valence-corrected chi connectivity index (χ3v) is 2.36. The quantitative estimate of drug-likeness (QED) is 0.662. The van der Waals surface area contributed by atoms with E-state index in [0.29, 0.717) is 19.3 Å². The van der Waals surface area contributed by atoms with Crippen LogP contribution in [-0.4, -0.2) is 44.9 Å². The molecule has 15 heavy (non-hydrogen) atoms. The van der Waals surface area contributed by atoms with E-state index in [9.17, 15) is 8.78 Å². The highest BCUT2D eigenvalue weighted by Gasteiger charge is 2.20. The molecule has 2 atom stereocenters. The fourth-order valence-corrected chi connectivity index (χ4v) is 1.62. The van der Waals surface area contributed by atoms with Crippen LogP contribution < -0.4 is 5.32 Å². The number of hydrogen-bond acceptors (Lipinski definition) is 3. The summed E-state index contributed by atoms with van der Waals surface area (Å²) in [6, 6.07) is 0. The SMILES string of the molecule is CC1CCC(CNCCOCC(F)F)O1. The maximum absolute atomic E-state index is 11.7. The van der Waals surface area contributed by atoms with Gasteiger partial charge in [0.1, 0.15) is 6.61 Å². The van der Waals surface area contributed by atoms with E-state index in [1.165, 1.54) is 0 Å². The Kier molecular flexibility index (Phi) is 6.05. The molecule has 1 aliphatic heterocycles. The second-order valence-electron chi connectivity index (χ2n) is 3.82. The Morgan fingerprint density at radius 1 is 1.47 bits per heavy atom. The number of halogens is 2. The number of rotatable bonds is 7. The minimum atomic E-state index is -2.37. The van der Waals surface area contributed by atoms with Crippen LogP contribution in [0.2, 0.25) is 0 Å². The molecule has 0 radical (unpaired) electrons. The van der Waals surface area contributed by atoms with Gasteiger partial charge in [-0.3, -0.25) is 0 Å². The molecule has 5 heteroatoms. The first kappa shape index (κ1) is 12.8. The molecule has 3 nitrogen and oxygen atoms in total. The highest BCUT2D eigenvalue weighted by molar-refractivity contribution is 4.72. The highest BCUT2D eigenvalue weighted by atomic mass is 19.3. The number of ether oxygens (including phenoxy) is 2. The molecule has 0 aromatic rings. The molecule has 1 fully saturated rings. The Morgan fingerprint density at radius 2 is 2.27 bits per heavy atom. The zero-order chi connectivity index (χ0) is 11.1. The summed E-state index contributed by atoms with van der Waals surface area (Å²) in [7, 11) is 0. The fourth-order valence-electron chi connectivity index (χ4n) is 1.62. The first-order valence-corrected chi connectivity index (χ1v) is 5.40. The average molecular weight is 223 g/mol. The van der Waals surface area contributed by atoms with Crippen LogP contribution in [0.25, 0.3) is 0 Å². The van der Waals surface area contributed by atoms with Gasteiger partial charge in [0, 0.05) is 13.1 Å². The van der Waals surface area contributed by atoms with Gasteiger partial charge in [0.2, 0.25) is 0 Å². The molecule has 1 N–H and O–H groups in total. The molecule has 0 aliphatic carbocycles.